The number of rotatable bonds is 0. The number of benzene rings is 1. The van der Waals surface area contributed by atoms with Gasteiger partial charge in [0.05, 0.1) is 5.52 Å². The van der Waals surface area contributed by atoms with E-state index in [1.54, 1.807) is 6.33 Å². The minimum Gasteiger partial charge on any atom is -0.281 e. The minimum atomic E-state index is 0.748. The van der Waals surface area contributed by atoms with E-state index in [0.717, 1.165) is 21.6 Å². The molecule has 2 heterocycles. The first-order valence-corrected chi connectivity index (χ1v) is 4.61. The topological polar surface area (TPSA) is 30.2 Å². The van der Waals surface area contributed by atoms with Gasteiger partial charge in [-0.25, -0.2) is 0 Å². The Balaban J connectivity index is 2.64. The smallest absolute Gasteiger partial charge is 0.161 e. The molecule has 4 heteroatoms. The van der Waals surface area contributed by atoms with E-state index in [1.165, 1.54) is 0 Å². The van der Waals surface area contributed by atoms with Crippen LogP contribution in [0.5, 0.6) is 0 Å². The molecule has 3 rings (SSSR count). The Labute approximate surface area is 84.9 Å². The van der Waals surface area contributed by atoms with E-state index in [4.69, 9.17) is 11.6 Å². The van der Waals surface area contributed by atoms with Gasteiger partial charge in [0.2, 0.25) is 0 Å². The average molecular weight is 204 g/mol. The van der Waals surface area contributed by atoms with Crippen LogP contribution < -0.4 is 0 Å². The van der Waals surface area contributed by atoms with Gasteiger partial charge in [0, 0.05) is 10.4 Å². The fourth-order valence-corrected chi connectivity index (χ4v) is 1.83. The first kappa shape index (κ1) is 7.76. The Bertz CT molecular complexity index is 615. The Morgan fingerprint density at radius 1 is 1.14 bits per heavy atom. The lowest BCUT2D eigenvalue weighted by Crippen LogP contribution is -1.86. The Hall–Kier alpha value is -1.61. The zero-order valence-corrected chi connectivity index (χ0v) is 7.94. The van der Waals surface area contributed by atoms with Gasteiger partial charge in [-0.2, -0.15) is 0 Å². The Morgan fingerprint density at radius 3 is 3.00 bits per heavy atom. The summed E-state index contributed by atoms with van der Waals surface area (Å²) in [7, 11) is 0. The lowest BCUT2D eigenvalue weighted by Gasteiger charge is -2.01. The molecule has 0 saturated carbocycles. The molecule has 0 unspecified atom stereocenters. The van der Waals surface area contributed by atoms with E-state index in [9.17, 15) is 0 Å². The summed E-state index contributed by atoms with van der Waals surface area (Å²) in [6.07, 6.45) is 1.69. The molecule has 3 nitrogen and oxygen atoms in total. The number of fused-ring (bicyclic) bond motifs is 3. The summed E-state index contributed by atoms with van der Waals surface area (Å²) in [4.78, 5) is 0. The molecule has 0 spiro atoms. The highest BCUT2D eigenvalue weighted by molar-refractivity contribution is 6.35. The lowest BCUT2D eigenvalue weighted by molar-refractivity contribution is 1.11. The van der Waals surface area contributed by atoms with Crippen LogP contribution in [0, 0.1) is 0 Å². The average Bonchev–Trinajstić information content (AvgIpc) is 2.66. The predicted molar refractivity (Wildman–Crippen MR) is 55.5 cm³/mol. The Kier molecular flexibility index (Phi) is 1.49. The standard InChI is InChI=1S/C10H6ClN3/c11-8-2-1-3-9-7(8)4-5-10-13-12-6-14(9)10/h1-6H. The maximum atomic E-state index is 6.07. The highest BCUT2D eigenvalue weighted by Crippen LogP contribution is 2.23. The molecule has 0 radical (unpaired) electrons. The van der Waals surface area contributed by atoms with Gasteiger partial charge in [0.15, 0.2) is 5.65 Å². The van der Waals surface area contributed by atoms with Gasteiger partial charge in [-0.15, -0.1) is 10.2 Å². The number of nitrogens with zero attached hydrogens (tertiary/aromatic N) is 3. The van der Waals surface area contributed by atoms with Gasteiger partial charge in [-0.3, -0.25) is 4.40 Å². The van der Waals surface area contributed by atoms with E-state index in [2.05, 4.69) is 10.2 Å². The van der Waals surface area contributed by atoms with Crippen LogP contribution in [0.15, 0.2) is 36.7 Å². The molecular formula is C10H6ClN3. The molecule has 0 aliphatic carbocycles. The van der Waals surface area contributed by atoms with Crippen LogP contribution >= 0.6 is 11.6 Å². The second kappa shape index (κ2) is 2.69. The molecular weight excluding hydrogens is 198 g/mol. The van der Waals surface area contributed by atoms with Crippen molar-refractivity contribution in [1.82, 2.24) is 14.6 Å². The van der Waals surface area contributed by atoms with Crippen molar-refractivity contribution in [1.29, 1.82) is 0 Å². The van der Waals surface area contributed by atoms with Crippen LogP contribution in [0.25, 0.3) is 16.6 Å². The molecule has 0 atom stereocenters. The molecule has 0 aliphatic heterocycles. The fourth-order valence-electron chi connectivity index (χ4n) is 1.60. The summed E-state index contributed by atoms with van der Waals surface area (Å²) in [5.41, 5.74) is 1.86. The monoisotopic (exact) mass is 203 g/mol. The Morgan fingerprint density at radius 2 is 2.07 bits per heavy atom. The third-order valence-electron chi connectivity index (χ3n) is 2.26. The first-order chi connectivity index (χ1) is 6.86. The van der Waals surface area contributed by atoms with Crippen LogP contribution in [0.2, 0.25) is 5.02 Å². The van der Waals surface area contributed by atoms with Crippen molar-refractivity contribution in [3.05, 3.63) is 41.7 Å². The van der Waals surface area contributed by atoms with Crippen LogP contribution in [-0.2, 0) is 0 Å². The summed E-state index contributed by atoms with van der Waals surface area (Å²) in [5.74, 6) is 0. The van der Waals surface area contributed by atoms with Gasteiger partial charge >= 0.3 is 0 Å². The van der Waals surface area contributed by atoms with Gasteiger partial charge in [-0.1, -0.05) is 17.7 Å². The van der Waals surface area contributed by atoms with E-state index in [0.29, 0.717) is 0 Å². The van der Waals surface area contributed by atoms with Crippen molar-refractivity contribution in [2.24, 2.45) is 0 Å². The number of aromatic nitrogens is 3. The van der Waals surface area contributed by atoms with E-state index in [-0.39, 0.29) is 0 Å². The van der Waals surface area contributed by atoms with Crippen LogP contribution in [-0.4, -0.2) is 14.6 Å². The quantitative estimate of drug-likeness (QED) is 0.562. The molecule has 0 bridgehead atoms. The minimum absolute atomic E-state index is 0.748. The van der Waals surface area contributed by atoms with Crippen molar-refractivity contribution in [3.8, 4) is 0 Å². The SMILES string of the molecule is Clc1cccc2c1ccc1nncn12. The normalized spacial score (nSPS) is 11.2. The van der Waals surface area contributed by atoms with Gasteiger partial charge in [-0.05, 0) is 24.3 Å². The van der Waals surface area contributed by atoms with Crippen molar-refractivity contribution in [2.75, 3.05) is 0 Å². The summed E-state index contributed by atoms with van der Waals surface area (Å²) < 4.78 is 1.92. The van der Waals surface area contributed by atoms with E-state index in [1.807, 2.05) is 34.7 Å². The van der Waals surface area contributed by atoms with Crippen molar-refractivity contribution in [2.45, 2.75) is 0 Å². The highest BCUT2D eigenvalue weighted by Gasteiger charge is 2.02. The van der Waals surface area contributed by atoms with Crippen LogP contribution in [0.1, 0.15) is 0 Å². The highest BCUT2D eigenvalue weighted by atomic mass is 35.5. The molecule has 0 aliphatic rings. The van der Waals surface area contributed by atoms with Gasteiger partial charge in [0.25, 0.3) is 0 Å². The predicted octanol–water partition coefficient (Wildman–Crippen LogP) is 2.54. The zero-order valence-electron chi connectivity index (χ0n) is 7.18. The molecule has 0 saturated heterocycles. The van der Waals surface area contributed by atoms with Crippen molar-refractivity contribution < 1.29 is 0 Å². The van der Waals surface area contributed by atoms with Gasteiger partial charge < -0.3 is 0 Å². The van der Waals surface area contributed by atoms with Crippen molar-refractivity contribution in [3.63, 3.8) is 0 Å². The summed E-state index contributed by atoms with van der Waals surface area (Å²) >= 11 is 6.07. The largest absolute Gasteiger partial charge is 0.281 e. The second-order valence-electron chi connectivity index (χ2n) is 3.07. The fraction of sp³-hybridized carbons (Fsp3) is 0. The zero-order chi connectivity index (χ0) is 9.54. The molecule has 0 amide bonds. The molecule has 68 valence electrons. The number of hydrogen-bond donors (Lipinski definition) is 0. The van der Waals surface area contributed by atoms with E-state index < -0.39 is 0 Å². The maximum Gasteiger partial charge on any atom is 0.161 e. The van der Waals surface area contributed by atoms with Crippen LogP contribution in [0.4, 0.5) is 0 Å². The third kappa shape index (κ3) is 0.930. The second-order valence-corrected chi connectivity index (χ2v) is 3.47. The summed E-state index contributed by atoms with van der Waals surface area (Å²) in [6.45, 7) is 0. The van der Waals surface area contributed by atoms with E-state index >= 15 is 0 Å². The van der Waals surface area contributed by atoms with Gasteiger partial charge in [0.1, 0.15) is 6.33 Å². The molecule has 1 aromatic carbocycles. The first-order valence-electron chi connectivity index (χ1n) is 4.23. The molecule has 3 aromatic rings. The molecule has 14 heavy (non-hydrogen) atoms. The summed E-state index contributed by atoms with van der Waals surface area (Å²) in [6, 6.07) is 9.66. The lowest BCUT2D eigenvalue weighted by atomic mass is 10.2. The number of hydrogen-bond acceptors (Lipinski definition) is 2. The number of halogens is 1. The molecule has 0 N–H and O–H groups in total. The van der Waals surface area contributed by atoms with Crippen LogP contribution in [0.3, 0.4) is 0 Å². The van der Waals surface area contributed by atoms with Crippen molar-refractivity contribution >= 4 is 28.2 Å². The molecule has 2 aromatic heterocycles. The number of pyridine rings is 1. The third-order valence-corrected chi connectivity index (χ3v) is 2.59. The molecule has 0 fully saturated rings. The maximum absolute atomic E-state index is 6.07. The summed E-state index contributed by atoms with van der Waals surface area (Å²) in [5, 5.41) is 9.58.